The third-order valence-electron chi connectivity index (χ3n) is 5.47. The molecular formula is C31H25NO. The number of rotatable bonds is 7. The SMILES string of the molecule is C#CCN(/C(=C(\C(=O)c1ccccc1)c1ccccc1)c1ccccc1)c1ccc(C)cc1. The summed E-state index contributed by atoms with van der Waals surface area (Å²) in [7, 11) is 0. The van der Waals surface area contributed by atoms with Crippen molar-refractivity contribution in [2.45, 2.75) is 6.92 Å². The molecule has 0 aliphatic heterocycles. The van der Waals surface area contributed by atoms with Crippen LogP contribution in [0.4, 0.5) is 5.69 Å². The standard InChI is InChI=1S/C31H25NO/c1-3-23-32(28-21-19-24(2)20-22-28)30(26-15-9-5-10-16-26)29(25-13-7-4-8-14-25)31(33)27-17-11-6-12-18-27/h1,4-22H,23H2,2H3/b30-29-. The zero-order chi connectivity index (χ0) is 23.0. The Morgan fingerprint density at radius 3 is 1.70 bits per heavy atom. The molecule has 0 aliphatic rings. The van der Waals surface area contributed by atoms with Crippen LogP contribution in [0.25, 0.3) is 11.3 Å². The average Bonchev–Trinajstić information content (AvgIpc) is 2.88. The summed E-state index contributed by atoms with van der Waals surface area (Å²) in [5.41, 5.74) is 5.91. The Morgan fingerprint density at radius 2 is 1.18 bits per heavy atom. The number of ketones is 1. The van der Waals surface area contributed by atoms with Gasteiger partial charge in [-0.2, -0.15) is 0 Å². The quantitative estimate of drug-likeness (QED) is 0.139. The van der Waals surface area contributed by atoms with Crippen molar-refractivity contribution in [3.05, 3.63) is 138 Å². The first-order valence-corrected chi connectivity index (χ1v) is 10.9. The maximum absolute atomic E-state index is 14.0. The van der Waals surface area contributed by atoms with Gasteiger partial charge in [0.1, 0.15) is 0 Å². The van der Waals surface area contributed by atoms with E-state index in [0.717, 1.165) is 28.1 Å². The molecule has 0 heterocycles. The van der Waals surface area contributed by atoms with Gasteiger partial charge in [0.15, 0.2) is 5.78 Å². The van der Waals surface area contributed by atoms with E-state index in [1.165, 1.54) is 0 Å². The van der Waals surface area contributed by atoms with Crippen LogP contribution in [-0.2, 0) is 0 Å². The van der Waals surface area contributed by atoms with Gasteiger partial charge in [0.05, 0.1) is 17.8 Å². The van der Waals surface area contributed by atoms with E-state index in [1.807, 2.05) is 103 Å². The zero-order valence-corrected chi connectivity index (χ0v) is 18.6. The molecule has 0 unspecified atom stereocenters. The van der Waals surface area contributed by atoms with Gasteiger partial charge in [-0.25, -0.2) is 0 Å². The lowest BCUT2D eigenvalue weighted by molar-refractivity contribution is 0.105. The third-order valence-corrected chi connectivity index (χ3v) is 5.47. The van der Waals surface area contributed by atoms with Gasteiger partial charge in [-0.05, 0) is 30.2 Å². The van der Waals surface area contributed by atoms with Crippen molar-refractivity contribution in [2.24, 2.45) is 0 Å². The topological polar surface area (TPSA) is 20.3 Å². The number of allylic oxidation sites excluding steroid dienone is 1. The van der Waals surface area contributed by atoms with E-state index in [4.69, 9.17) is 6.42 Å². The van der Waals surface area contributed by atoms with E-state index in [-0.39, 0.29) is 5.78 Å². The second kappa shape index (κ2) is 10.3. The summed E-state index contributed by atoms with van der Waals surface area (Å²) in [6.45, 7) is 2.38. The number of Topliss-reactive ketones (excluding diaryl/α,β-unsaturated/α-hetero) is 1. The molecule has 2 heteroatoms. The zero-order valence-electron chi connectivity index (χ0n) is 18.6. The molecule has 0 spiro atoms. The number of hydrogen-bond donors (Lipinski definition) is 0. The first-order chi connectivity index (χ1) is 16.2. The molecule has 0 amide bonds. The van der Waals surface area contributed by atoms with Crippen molar-refractivity contribution in [3.8, 4) is 12.3 Å². The van der Waals surface area contributed by atoms with Gasteiger partial charge in [-0.3, -0.25) is 4.79 Å². The van der Waals surface area contributed by atoms with E-state index >= 15 is 0 Å². The molecule has 0 bridgehead atoms. The fourth-order valence-corrected chi connectivity index (χ4v) is 3.86. The smallest absolute Gasteiger partial charge is 0.195 e. The number of carbonyl (C=O) groups is 1. The molecule has 0 radical (unpaired) electrons. The number of anilines is 1. The van der Waals surface area contributed by atoms with Crippen molar-refractivity contribution >= 4 is 22.7 Å². The lowest BCUT2D eigenvalue weighted by atomic mass is 9.91. The van der Waals surface area contributed by atoms with Crippen LogP contribution in [0.2, 0.25) is 0 Å². The van der Waals surface area contributed by atoms with Crippen LogP contribution in [-0.4, -0.2) is 12.3 Å². The Labute approximate surface area is 195 Å². The molecule has 2 nitrogen and oxygen atoms in total. The van der Waals surface area contributed by atoms with Gasteiger partial charge in [-0.15, -0.1) is 6.42 Å². The lowest BCUT2D eigenvalue weighted by Gasteiger charge is -2.29. The third kappa shape index (κ3) is 4.95. The molecule has 4 aromatic rings. The summed E-state index contributed by atoms with van der Waals surface area (Å²) in [5, 5.41) is 0. The van der Waals surface area contributed by atoms with E-state index in [9.17, 15) is 4.79 Å². The summed E-state index contributed by atoms with van der Waals surface area (Å²) >= 11 is 0. The van der Waals surface area contributed by atoms with Gasteiger partial charge in [-0.1, -0.05) is 115 Å². The van der Waals surface area contributed by atoms with Crippen LogP contribution in [0.1, 0.15) is 27.0 Å². The van der Waals surface area contributed by atoms with Crippen LogP contribution in [0, 0.1) is 19.3 Å². The number of benzene rings is 4. The van der Waals surface area contributed by atoms with E-state index in [0.29, 0.717) is 17.7 Å². The molecule has 160 valence electrons. The Hall–Kier alpha value is -4.35. The molecule has 0 aromatic heterocycles. The van der Waals surface area contributed by atoms with Gasteiger partial charge in [0.25, 0.3) is 0 Å². The Balaban J connectivity index is 2.06. The second-order valence-electron chi connectivity index (χ2n) is 7.78. The fraction of sp³-hybridized carbons (Fsp3) is 0.0645. The molecule has 0 N–H and O–H groups in total. The number of carbonyl (C=O) groups excluding carboxylic acids is 1. The predicted molar refractivity (Wildman–Crippen MR) is 138 cm³/mol. The van der Waals surface area contributed by atoms with Crippen molar-refractivity contribution in [1.29, 1.82) is 0 Å². The van der Waals surface area contributed by atoms with Crippen molar-refractivity contribution in [1.82, 2.24) is 0 Å². The minimum absolute atomic E-state index is 0.0465. The summed E-state index contributed by atoms with van der Waals surface area (Å²) in [6.07, 6.45) is 5.84. The van der Waals surface area contributed by atoms with Gasteiger partial charge >= 0.3 is 0 Å². The van der Waals surface area contributed by atoms with Crippen LogP contribution >= 0.6 is 0 Å². The predicted octanol–water partition coefficient (Wildman–Crippen LogP) is 6.89. The van der Waals surface area contributed by atoms with Crippen molar-refractivity contribution < 1.29 is 4.79 Å². The van der Waals surface area contributed by atoms with Crippen LogP contribution < -0.4 is 4.90 Å². The Kier molecular flexibility index (Phi) is 6.83. The molecule has 0 saturated carbocycles. The molecule has 0 fully saturated rings. The maximum atomic E-state index is 14.0. The highest BCUT2D eigenvalue weighted by Gasteiger charge is 2.25. The van der Waals surface area contributed by atoms with E-state index in [1.54, 1.807) is 0 Å². The average molecular weight is 428 g/mol. The lowest BCUT2D eigenvalue weighted by Crippen LogP contribution is -2.25. The normalized spacial score (nSPS) is 11.3. The molecule has 0 aliphatic carbocycles. The summed E-state index contributed by atoms with van der Waals surface area (Å²) in [4.78, 5) is 16.1. The van der Waals surface area contributed by atoms with Crippen LogP contribution in [0.3, 0.4) is 0 Å². The van der Waals surface area contributed by atoms with E-state index in [2.05, 4.69) is 29.9 Å². The van der Waals surface area contributed by atoms with Gasteiger partial charge in [0, 0.05) is 11.3 Å². The molecule has 0 saturated heterocycles. The van der Waals surface area contributed by atoms with E-state index < -0.39 is 0 Å². The van der Waals surface area contributed by atoms with Crippen molar-refractivity contribution in [3.63, 3.8) is 0 Å². The van der Waals surface area contributed by atoms with Gasteiger partial charge < -0.3 is 4.90 Å². The summed E-state index contributed by atoms with van der Waals surface area (Å²) in [5.74, 6) is 2.75. The van der Waals surface area contributed by atoms with Crippen LogP contribution in [0.15, 0.2) is 115 Å². The first-order valence-electron chi connectivity index (χ1n) is 10.9. The summed E-state index contributed by atoms with van der Waals surface area (Å²) < 4.78 is 0. The monoisotopic (exact) mass is 427 g/mol. The maximum Gasteiger partial charge on any atom is 0.195 e. The van der Waals surface area contributed by atoms with Crippen LogP contribution in [0.5, 0.6) is 0 Å². The molecular weight excluding hydrogens is 402 g/mol. The minimum atomic E-state index is -0.0465. The summed E-state index contributed by atoms with van der Waals surface area (Å²) in [6, 6.07) is 37.4. The highest BCUT2D eigenvalue weighted by Crippen LogP contribution is 2.35. The number of terminal acetylenes is 1. The minimum Gasteiger partial charge on any atom is -0.329 e. The number of aryl methyl sites for hydroxylation is 1. The Morgan fingerprint density at radius 1 is 0.697 bits per heavy atom. The Bertz CT molecular complexity index is 1280. The molecule has 33 heavy (non-hydrogen) atoms. The highest BCUT2D eigenvalue weighted by atomic mass is 16.1. The molecule has 4 aromatic carbocycles. The molecule has 4 rings (SSSR count). The van der Waals surface area contributed by atoms with Crippen molar-refractivity contribution in [2.75, 3.05) is 11.4 Å². The number of hydrogen-bond acceptors (Lipinski definition) is 2. The second-order valence-corrected chi connectivity index (χ2v) is 7.78. The first kappa shape index (κ1) is 21.9. The molecule has 0 atom stereocenters. The fourth-order valence-electron chi connectivity index (χ4n) is 3.86. The highest BCUT2D eigenvalue weighted by molar-refractivity contribution is 6.35. The van der Waals surface area contributed by atoms with Gasteiger partial charge in [0.2, 0.25) is 0 Å². The number of nitrogens with zero attached hydrogens (tertiary/aromatic N) is 1. The largest absolute Gasteiger partial charge is 0.329 e.